The molecule has 1 aromatic carbocycles. The van der Waals surface area contributed by atoms with Crippen molar-refractivity contribution in [2.75, 3.05) is 12.4 Å². The fourth-order valence-electron chi connectivity index (χ4n) is 3.11. The second-order valence-corrected chi connectivity index (χ2v) is 7.54. The lowest BCUT2D eigenvalue weighted by atomic mass is 10.2. The van der Waals surface area contributed by atoms with Crippen LogP contribution in [0.4, 0.5) is 5.69 Å². The molecule has 0 aliphatic rings. The molecule has 1 N–H and O–H groups in total. The average Bonchev–Trinajstić information content (AvgIpc) is 3.23. The van der Waals surface area contributed by atoms with E-state index in [9.17, 15) is 4.79 Å². The van der Waals surface area contributed by atoms with E-state index in [1.165, 1.54) is 11.8 Å². The zero-order valence-corrected chi connectivity index (χ0v) is 16.6. The van der Waals surface area contributed by atoms with Crippen molar-refractivity contribution in [3.8, 4) is 5.75 Å². The van der Waals surface area contributed by atoms with Crippen molar-refractivity contribution < 1.29 is 13.9 Å². The van der Waals surface area contributed by atoms with Crippen LogP contribution in [0.15, 0.2) is 52.2 Å². The quantitative estimate of drug-likeness (QED) is 0.489. The zero-order chi connectivity index (χ0) is 19.7. The van der Waals surface area contributed by atoms with E-state index in [0.717, 1.165) is 22.4 Å². The van der Waals surface area contributed by atoms with Gasteiger partial charge in [0.15, 0.2) is 5.58 Å². The van der Waals surface area contributed by atoms with Gasteiger partial charge >= 0.3 is 0 Å². The van der Waals surface area contributed by atoms with Crippen LogP contribution in [0, 0.1) is 6.92 Å². The summed E-state index contributed by atoms with van der Waals surface area (Å²) in [5.74, 6) is 1.36. The summed E-state index contributed by atoms with van der Waals surface area (Å²) in [5.41, 5.74) is 3.24. The number of methoxy groups -OCH3 is 1. The lowest BCUT2D eigenvalue weighted by Crippen LogP contribution is -2.25. The highest BCUT2D eigenvalue weighted by Crippen LogP contribution is 2.32. The van der Waals surface area contributed by atoms with E-state index >= 15 is 0 Å². The number of fused-ring (bicyclic) bond motifs is 3. The number of aromatic nitrogens is 3. The van der Waals surface area contributed by atoms with Gasteiger partial charge in [-0.15, -0.1) is 10.2 Å². The number of carbonyl (C=O) groups is 1. The number of rotatable bonds is 6. The van der Waals surface area contributed by atoms with Gasteiger partial charge in [-0.1, -0.05) is 30.8 Å². The lowest BCUT2D eigenvalue weighted by Gasteiger charge is -2.16. The number of nitrogens with one attached hydrogen (secondary N) is 1. The van der Waals surface area contributed by atoms with Crippen LogP contribution in [0.25, 0.3) is 16.6 Å². The molecule has 7 nitrogen and oxygen atoms in total. The molecule has 0 fully saturated rings. The molecule has 8 heteroatoms. The smallest absolute Gasteiger partial charge is 0.238 e. The van der Waals surface area contributed by atoms with Crippen molar-refractivity contribution >= 4 is 40.0 Å². The van der Waals surface area contributed by atoms with Crippen molar-refractivity contribution in [2.45, 2.75) is 30.5 Å². The molecule has 144 valence electrons. The molecule has 0 spiro atoms. The number of carbonyl (C=O) groups excluding carboxylic acids is 1. The SMILES string of the molecule is CC[C@H](Sc1nncn2c1cc1oc(C)cc12)C(=O)Nc1ccccc1OC. The number of benzene rings is 1. The molecular weight excluding hydrogens is 376 g/mol. The predicted molar refractivity (Wildman–Crippen MR) is 109 cm³/mol. The Hall–Kier alpha value is -3.00. The van der Waals surface area contributed by atoms with E-state index in [1.54, 1.807) is 13.4 Å². The maximum absolute atomic E-state index is 12.9. The average molecular weight is 396 g/mol. The molecule has 0 saturated carbocycles. The number of nitrogens with zero attached hydrogens (tertiary/aromatic N) is 3. The molecule has 0 unspecified atom stereocenters. The molecule has 1 atom stereocenters. The maximum atomic E-state index is 12.9. The number of aryl methyl sites for hydroxylation is 1. The van der Waals surface area contributed by atoms with Crippen LogP contribution in [-0.4, -0.2) is 32.9 Å². The monoisotopic (exact) mass is 396 g/mol. The third kappa shape index (κ3) is 3.31. The van der Waals surface area contributed by atoms with E-state index in [2.05, 4.69) is 15.5 Å². The van der Waals surface area contributed by atoms with Gasteiger partial charge in [0.05, 0.1) is 29.1 Å². The predicted octanol–water partition coefficient (Wildman–Crippen LogP) is 4.30. The first-order valence-electron chi connectivity index (χ1n) is 8.94. The van der Waals surface area contributed by atoms with Gasteiger partial charge in [-0.2, -0.15) is 0 Å². The number of hydrogen-bond acceptors (Lipinski definition) is 6. The van der Waals surface area contributed by atoms with Gasteiger partial charge in [-0.05, 0) is 25.5 Å². The Balaban J connectivity index is 1.61. The number of thioether (sulfide) groups is 1. The van der Waals surface area contributed by atoms with Crippen molar-refractivity contribution in [1.29, 1.82) is 0 Å². The Labute approximate surface area is 166 Å². The molecule has 4 aromatic rings. The van der Waals surface area contributed by atoms with Gasteiger partial charge in [0, 0.05) is 12.1 Å². The van der Waals surface area contributed by atoms with Crippen LogP contribution < -0.4 is 10.1 Å². The van der Waals surface area contributed by atoms with Gasteiger partial charge in [0.25, 0.3) is 0 Å². The van der Waals surface area contributed by atoms with Gasteiger partial charge in [0.2, 0.25) is 5.91 Å². The number of anilines is 1. The minimum atomic E-state index is -0.326. The lowest BCUT2D eigenvalue weighted by molar-refractivity contribution is -0.115. The van der Waals surface area contributed by atoms with E-state index < -0.39 is 0 Å². The summed E-state index contributed by atoms with van der Waals surface area (Å²) in [4.78, 5) is 12.9. The van der Waals surface area contributed by atoms with E-state index in [1.807, 2.05) is 54.6 Å². The molecule has 0 radical (unpaired) electrons. The van der Waals surface area contributed by atoms with Gasteiger partial charge in [-0.25, -0.2) is 0 Å². The molecule has 0 saturated heterocycles. The molecule has 1 amide bonds. The molecule has 4 rings (SSSR count). The Morgan fingerprint density at radius 3 is 2.93 bits per heavy atom. The topological polar surface area (TPSA) is 81.7 Å². The number of hydrogen-bond donors (Lipinski definition) is 1. The number of para-hydroxylation sites is 2. The van der Waals surface area contributed by atoms with E-state index in [-0.39, 0.29) is 11.2 Å². The fourth-order valence-corrected chi connectivity index (χ4v) is 4.08. The molecular formula is C20H20N4O3S. The maximum Gasteiger partial charge on any atom is 0.238 e. The van der Waals surface area contributed by atoms with Crippen molar-refractivity contribution in [3.63, 3.8) is 0 Å². The van der Waals surface area contributed by atoms with Crippen LogP contribution in [0.2, 0.25) is 0 Å². The van der Waals surface area contributed by atoms with E-state index in [0.29, 0.717) is 22.9 Å². The minimum absolute atomic E-state index is 0.105. The summed E-state index contributed by atoms with van der Waals surface area (Å²) in [6.07, 6.45) is 2.30. The third-order valence-electron chi connectivity index (χ3n) is 4.47. The Bertz CT molecular complexity index is 1150. The number of ether oxygens (including phenoxy) is 1. The van der Waals surface area contributed by atoms with Crippen LogP contribution in [0.1, 0.15) is 19.1 Å². The Morgan fingerprint density at radius 1 is 1.32 bits per heavy atom. The zero-order valence-electron chi connectivity index (χ0n) is 15.8. The summed E-state index contributed by atoms with van der Waals surface area (Å²) in [6.45, 7) is 3.88. The second kappa shape index (κ2) is 7.55. The molecule has 28 heavy (non-hydrogen) atoms. The van der Waals surface area contributed by atoms with Crippen LogP contribution >= 0.6 is 11.8 Å². The summed E-state index contributed by atoms with van der Waals surface area (Å²) in [7, 11) is 1.58. The first kappa shape index (κ1) is 18.4. The van der Waals surface area contributed by atoms with Crippen LogP contribution in [0.3, 0.4) is 0 Å². The highest BCUT2D eigenvalue weighted by Gasteiger charge is 2.22. The van der Waals surface area contributed by atoms with Crippen LogP contribution in [-0.2, 0) is 4.79 Å². The van der Waals surface area contributed by atoms with Crippen molar-refractivity contribution in [2.24, 2.45) is 0 Å². The van der Waals surface area contributed by atoms with Crippen molar-refractivity contribution in [1.82, 2.24) is 14.6 Å². The third-order valence-corrected chi connectivity index (χ3v) is 5.81. The second-order valence-electron chi connectivity index (χ2n) is 6.35. The van der Waals surface area contributed by atoms with Crippen molar-refractivity contribution in [3.05, 3.63) is 48.5 Å². The number of furan rings is 1. The first-order chi connectivity index (χ1) is 13.6. The van der Waals surface area contributed by atoms with Gasteiger partial charge in [-0.3, -0.25) is 9.20 Å². The normalized spacial score (nSPS) is 12.4. The standard InChI is InChI=1S/C20H20N4O3S/c1-4-18(19(25)22-13-7-5-6-8-16(13)26-3)28-20-15-10-17-14(9-12(2)27-17)24(15)11-21-23-20/h5-11,18H,4H2,1-3H3,(H,22,25)/t18-/m0/s1. The fraction of sp³-hybridized carbons (Fsp3) is 0.250. The molecule has 0 aliphatic heterocycles. The molecule has 3 aromatic heterocycles. The summed E-state index contributed by atoms with van der Waals surface area (Å²) in [5, 5.41) is 11.7. The highest BCUT2D eigenvalue weighted by molar-refractivity contribution is 8.00. The summed E-state index contributed by atoms with van der Waals surface area (Å²) in [6, 6.07) is 11.2. The van der Waals surface area contributed by atoms with Gasteiger partial charge in [0.1, 0.15) is 22.9 Å². The minimum Gasteiger partial charge on any atom is -0.495 e. The van der Waals surface area contributed by atoms with Crippen LogP contribution in [0.5, 0.6) is 5.75 Å². The summed E-state index contributed by atoms with van der Waals surface area (Å²) < 4.78 is 13.0. The Morgan fingerprint density at radius 2 is 2.14 bits per heavy atom. The molecule has 0 bridgehead atoms. The highest BCUT2D eigenvalue weighted by atomic mass is 32.2. The largest absolute Gasteiger partial charge is 0.495 e. The van der Waals surface area contributed by atoms with Gasteiger partial charge < -0.3 is 14.5 Å². The molecule has 0 aliphatic carbocycles. The molecule has 3 heterocycles. The first-order valence-corrected chi connectivity index (χ1v) is 9.82. The van der Waals surface area contributed by atoms with E-state index in [4.69, 9.17) is 9.15 Å². The number of amides is 1. The summed E-state index contributed by atoms with van der Waals surface area (Å²) >= 11 is 1.39. The Kier molecular flexibility index (Phi) is 4.95.